The maximum Gasteiger partial charge on any atom is 0.234 e. The van der Waals surface area contributed by atoms with Crippen LogP contribution in [0.5, 0.6) is 0 Å². The molecule has 0 unspecified atom stereocenters. The number of nitrogens with zero attached hydrogens (tertiary/aromatic N) is 1. The third-order valence-electron chi connectivity index (χ3n) is 3.15. The van der Waals surface area contributed by atoms with Gasteiger partial charge in [0.1, 0.15) is 5.41 Å². The van der Waals surface area contributed by atoms with Crippen molar-refractivity contribution < 1.29 is 14.7 Å². The van der Waals surface area contributed by atoms with Gasteiger partial charge in [-0.25, -0.2) is 0 Å². The van der Waals surface area contributed by atoms with Crippen molar-refractivity contribution in [1.82, 2.24) is 5.32 Å². The molecule has 6 heteroatoms. The van der Waals surface area contributed by atoms with Gasteiger partial charge in [0.15, 0.2) is 5.84 Å². The second-order valence-electron chi connectivity index (χ2n) is 5.12. The maximum atomic E-state index is 11.8. The van der Waals surface area contributed by atoms with Crippen LogP contribution < -0.4 is 11.1 Å². The number of amides is 1. The van der Waals surface area contributed by atoms with E-state index in [0.29, 0.717) is 38.5 Å². The molecule has 0 aromatic heterocycles. The Hall–Kier alpha value is -1.30. The van der Waals surface area contributed by atoms with Gasteiger partial charge in [-0.2, -0.15) is 0 Å². The molecule has 1 aliphatic carbocycles. The topological polar surface area (TPSA) is 96.9 Å². The van der Waals surface area contributed by atoms with Gasteiger partial charge in [0, 0.05) is 13.2 Å². The minimum Gasteiger partial charge on any atom is -0.409 e. The summed E-state index contributed by atoms with van der Waals surface area (Å²) in [5.74, 6) is 0.445. The summed E-state index contributed by atoms with van der Waals surface area (Å²) in [5, 5.41) is 14.3. The highest BCUT2D eigenvalue weighted by Crippen LogP contribution is 2.45. The van der Waals surface area contributed by atoms with Gasteiger partial charge in [-0.15, -0.1) is 0 Å². The largest absolute Gasteiger partial charge is 0.409 e. The van der Waals surface area contributed by atoms with Gasteiger partial charge in [0.05, 0.1) is 6.61 Å². The van der Waals surface area contributed by atoms with Crippen LogP contribution in [0.1, 0.15) is 33.1 Å². The van der Waals surface area contributed by atoms with Gasteiger partial charge in [-0.1, -0.05) is 19.0 Å². The molecule has 0 saturated heterocycles. The molecule has 1 amide bonds. The lowest BCUT2D eigenvalue weighted by molar-refractivity contribution is -0.124. The molecule has 0 radical (unpaired) electrons. The smallest absolute Gasteiger partial charge is 0.234 e. The first-order chi connectivity index (χ1) is 8.53. The molecule has 104 valence electrons. The van der Waals surface area contributed by atoms with Crippen LogP contribution in [0.4, 0.5) is 0 Å². The van der Waals surface area contributed by atoms with E-state index in [0.717, 1.165) is 6.42 Å². The van der Waals surface area contributed by atoms with Crippen molar-refractivity contribution in [3.05, 3.63) is 0 Å². The summed E-state index contributed by atoms with van der Waals surface area (Å²) >= 11 is 0. The van der Waals surface area contributed by atoms with E-state index in [1.54, 1.807) is 0 Å². The number of hydrogen-bond donors (Lipinski definition) is 3. The summed E-state index contributed by atoms with van der Waals surface area (Å²) in [6.45, 7) is 5.93. The fraction of sp³-hybridized carbons (Fsp3) is 0.833. The van der Waals surface area contributed by atoms with Gasteiger partial charge in [-0.05, 0) is 25.2 Å². The summed E-state index contributed by atoms with van der Waals surface area (Å²) in [5.41, 5.74) is 4.74. The van der Waals surface area contributed by atoms with E-state index in [-0.39, 0.29) is 11.7 Å². The van der Waals surface area contributed by atoms with Crippen molar-refractivity contribution in [3.8, 4) is 0 Å². The summed E-state index contributed by atoms with van der Waals surface area (Å²) in [4.78, 5) is 11.8. The first-order valence-electron chi connectivity index (χ1n) is 6.37. The second kappa shape index (κ2) is 6.58. The van der Waals surface area contributed by atoms with E-state index in [1.165, 1.54) is 0 Å². The van der Waals surface area contributed by atoms with Gasteiger partial charge in [-0.3, -0.25) is 4.79 Å². The molecule has 18 heavy (non-hydrogen) atoms. The van der Waals surface area contributed by atoms with Crippen molar-refractivity contribution in [2.75, 3.05) is 19.8 Å². The molecule has 1 saturated carbocycles. The molecule has 0 heterocycles. The Kier molecular flexibility index (Phi) is 5.40. The highest BCUT2D eigenvalue weighted by Gasteiger charge is 2.54. The Morgan fingerprint density at radius 3 is 2.67 bits per heavy atom. The number of hydrogen-bond acceptors (Lipinski definition) is 4. The average Bonchev–Trinajstić information content (AvgIpc) is 3.13. The van der Waals surface area contributed by atoms with Gasteiger partial charge >= 0.3 is 0 Å². The zero-order valence-electron chi connectivity index (χ0n) is 11.1. The van der Waals surface area contributed by atoms with Crippen LogP contribution in [-0.2, 0) is 9.53 Å². The van der Waals surface area contributed by atoms with Gasteiger partial charge < -0.3 is 21.0 Å². The quantitative estimate of drug-likeness (QED) is 0.196. The average molecular weight is 257 g/mol. The maximum absolute atomic E-state index is 11.8. The Morgan fingerprint density at radius 1 is 1.50 bits per heavy atom. The van der Waals surface area contributed by atoms with Crippen LogP contribution in [0.25, 0.3) is 0 Å². The number of nitrogens with two attached hydrogens (primary N) is 1. The van der Waals surface area contributed by atoms with Gasteiger partial charge in [0.2, 0.25) is 5.91 Å². The van der Waals surface area contributed by atoms with E-state index in [9.17, 15) is 4.79 Å². The first-order valence-corrected chi connectivity index (χ1v) is 6.37. The fourth-order valence-electron chi connectivity index (χ4n) is 1.65. The summed E-state index contributed by atoms with van der Waals surface area (Å²) in [6.07, 6.45) is 2.30. The number of carbonyl (C=O) groups is 1. The molecule has 0 aromatic carbocycles. The van der Waals surface area contributed by atoms with Crippen molar-refractivity contribution in [2.24, 2.45) is 22.2 Å². The number of rotatable bonds is 8. The molecule has 0 aromatic rings. The fourth-order valence-corrected chi connectivity index (χ4v) is 1.65. The molecule has 0 bridgehead atoms. The van der Waals surface area contributed by atoms with Crippen LogP contribution in [0.15, 0.2) is 5.16 Å². The minimum atomic E-state index is -0.771. The van der Waals surface area contributed by atoms with E-state index < -0.39 is 5.41 Å². The molecular formula is C12H23N3O3. The van der Waals surface area contributed by atoms with E-state index in [4.69, 9.17) is 15.7 Å². The molecule has 0 atom stereocenters. The van der Waals surface area contributed by atoms with Crippen molar-refractivity contribution >= 4 is 11.7 Å². The van der Waals surface area contributed by atoms with Gasteiger partial charge in [0.25, 0.3) is 0 Å². The number of nitrogens with one attached hydrogen (secondary N) is 1. The summed E-state index contributed by atoms with van der Waals surface area (Å²) in [7, 11) is 0. The predicted molar refractivity (Wildman–Crippen MR) is 68.4 cm³/mol. The lowest BCUT2D eigenvalue weighted by Gasteiger charge is -2.13. The lowest BCUT2D eigenvalue weighted by Crippen LogP contribution is -2.41. The zero-order chi connectivity index (χ0) is 13.6. The molecule has 6 nitrogen and oxygen atoms in total. The van der Waals surface area contributed by atoms with E-state index in [2.05, 4.69) is 24.3 Å². The van der Waals surface area contributed by atoms with Crippen LogP contribution >= 0.6 is 0 Å². The Balaban J connectivity index is 2.15. The van der Waals surface area contributed by atoms with Crippen LogP contribution in [0.2, 0.25) is 0 Å². The van der Waals surface area contributed by atoms with Crippen molar-refractivity contribution in [3.63, 3.8) is 0 Å². The first kappa shape index (κ1) is 14.8. The molecule has 1 rings (SSSR count). The zero-order valence-corrected chi connectivity index (χ0v) is 11.1. The van der Waals surface area contributed by atoms with E-state index >= 15 is 0 Å². The molecule has 0 spiro atoms. The Morgan fingerprint density at radius 2 is 2.17 bits per heavy atom. The minimum absolute atomic E-state index is 0.000672. The third-order valence-corrected chi connectivity index (χ3v) is 3.15. The normalized spacial score (nSPS) is 17.8. The van der Waals surface area contributed by atoms with Crippen molar-refractivity contribution in [2.45, 2.75) is 33.1 Å². The number of oxime groups is 1. The molecule has 1 fully saturated rings. The number of amidine groups is 1. The van der Waals surface area contributed by atoms with Crippen LogP contribution in [-0.4, -0.2) is 36.7 Å². The second-order valence-corrected chi connectivity index (χ2v) is 5.12. The molecule has 1 aliphatic rings. The lowest BCUT2D eigenvalue weighted by atomic mass is 10.1. The third kappa shape index (κ3) is 3.87. The Bertz CT molecular complexity index is 312. The monoisotopic (exact) mass is 257 g/mol. The summed E-state index contributed by atoms with van der Waals surface area (Å²) < 4.78 is 5.39. The summed E-state index contributed by atoms with van der Waals surface area (Å²) in [6, 6.07) is 0. The van der Waals surface area contributed by atoms with Crippen LogP contribution in [0.3, 0.4) is 0 Å². The number of carbonyl (C=O) groups excluding carboxylic acids is 1. The van der Waals surface area contributed by atoms with Crippen molar-refractivity contribution in [1.29, 1.82) is 0 Å². The predicted octanol–water partition coefficient (Wildman–Crippen LogP) is 0.692. The standard InChI is InChI=1S/C12H23N3O3/c1-9(2)3-7-18-8-6-14-11(16)12(4-5-12)10(13)15-17/h9,17H,3-8H2,1-2H3,(H2,13,15)(H,14,16). The van der Waals surface area contributed by atoms with E-state index in [1.807, 2.05) is 0 Å². The molecule has 0 aliphatic heterocycles. The molecule has 4 N–H and O–H groups in total. The SMILES string of the molecule is CC(C)CCOCCNC(=O)C1(C(N)=NO)CC1. The number of ether oxygens (including phenoxy) is 1. The Labute approximate surface area is 108 Å². The molecular weight excluding hydrogens is 234 g/mol. The highest BCUT2D eigenvalue weighted by molar-refractivity contribution is 6.09. The van der Waals surface area contributed by atoms with Crippen LogP contribution in [0, 0.1) is 11.3 Å². The highest BCUT2D eigenvalue weighted by atomic mass is 16.5.